The second-order valence-corrected chi connectivity index (χ2v) is 3.30. The summed E-state index contributed by atoms with van der Waals surface area (Å²) in [5.74, 6) is 2.70. The minimum Gasteiger partial charge on any atom is -0.314 e. The van der Waals surface area contributed by atoms with Gasteiger partial charge >= 0.3 is 0 Å². The Balaban J connectivity index is 2.22. The van der Waals surface area contributed by atoms with Gasteiger partial charge in [0.1, 0.15) is 0 Å². The van der Waals surface area contributed by atoms with Crippen molar-refractivity contribution in [3.05, 3.63) is 0 Å². The number of nitrogens with one attached hydrogen (secondary N) is 1. The van der Waals surface area contributed by atoms with Crippen LogP contribution in [0.25, 0.3) is 0 Å². The lowest BCUT2D eigenvalue weighted by Crippen LogP contribution is -2.57. The van der Waals surface area contributed by atoms with Gasteiger partial charge in [-0.05, 0) is 13.0 Å². The first-order valence-electron chi connectivity index (χ1n) is 4.76. The van der Waals surface area contributed by atoms with E-state index in [1.165, 1.54) is 13.0 Å². The molecule has 0 spiro atoms. The molecule has 1 N–H and O–H groups in total. The highest BCUT2D eigenvalue weighted by Crippen LogP contribution is 2.06. The van der Waals surface area contributed by atoms with Gasteiger partial charge in [-0.2, -0.15) is 0 Å². The van der Waals surface area contributed by atoms with Crippen LogP contribution in [0, 0.1) is 12.3 Å². The molecule has 1 aliphatic rings. The van der Waals surface area contributed by atoms with Crippen molar-refractivity contribution in [2.75, 3.05) is 26.2 Å². The van der Waals surface area contributed by atoms with Crippen molar-refractivity contribution in [2.24, 2.45) is 0 Å². The monoisotopic (exact) mass is 166 g/mol. The van der Waals surface area contributed by atoms with Crippen LogP contribution in [0.1, 0.15) is 19.8 Å². The molecule has 1 aliphatic heterocycles. The van der Waals surface area contributed by atoms with Crippen LogP contribution in [0.5, 0.6) is 0 Å². The molecule has 1 fully saturated rings. The third-order valence-electron chi connectivity index (χ3n) is 2.33. The maximum atomic E-state index is 5.24. The Kier molecular flexibility index (Phi) is 4.13. The Morgan fingerprint density at radius 3 is 2.67 bits per heavy atom. The third kappa shape index (κ3) is 2.51. The highest BCUT2D eigenvalue weighted by Gasteiger charge is 2.22. The molecule has 0 unspecified atom stereocenters. The lowest BCUT2D eigenvalue weighted by molar-refractivity contribution is 0.149. The van der Waals surface area contributed by atoms with Crippen LogP contribution in [0.2, 0.25) is 0 Å². The predicted molar refractivity (Wildman–Crippen MR) is 52.0 cm³/mol. The zero-order chi connectivity index (χ0) is 8.81. The summed E-state index contributed by atoms with van der Waals surface area (Å²) in [5, 5.41) is 3.28. The minimum atomic E-state index is 0.748. The van der Waals surface area contributed by atoms with Gasteiger partial charge in [0.15, 0.2) is 0 Å². The van der Waals surface area contributed by atoms with Crippen molar-refractivity contribution in [3.63, 3.8) is 0 Å². The highest BCUT2D eigenvalue weighted by molar-refractivity contribution is 4.89. The van der Waals surface area contributed by atoms with Crippen molar-refractivity contribution in [1.29, 1.82) is 0 Å². The van der Waals surface area contributed by atoms with Crippen LogP contribution >= 0.6 is 0 Å². The Bertz CT molecular complexity index is 156. The number of nitrogens with zero attached hydrogens (tertiary/aromatic N) is 1. The van der Waals surface area contributed by atoms with Crippen molar-refractivity contribution in [3.8, 4) is 12.3 Å². The second kappa shape index (κ2) is 5.18. The lowest BCUT2D eigenvalue weighted by Gasteiger charge is -2.37. The first kappa shape index (κ1) is 9.57. The van der Waals surface area contributed by atoms with E-state index in [0.29, 0.717) is 0 Å². The van der Waals surface area contributed by atoms with E-state index in [2.05, 4.69) is 23.1 Å². The van der Waals surface area contributed by atoms with E-state index < -0.39 is 0 Å². The summed E-state index contributed by atoms with van der Waals surface area (Å²) in [7, 11) is 0. The molecule has 12 heavy (non-hydrogen) atoms. The average molecular weight is 166 g/mol. The summed E-state index contributed by atoms with van der Waals surface area (Å²) in [6.07, 6.45) is 7.35. The maximum Gasteiger partial charge on any atom is 0.0345 e. The summed E-state index contributed by atoms with van der Waals surface area (Å²) >= 11 is 0. The number of terminal acetylenes is 1. The van der Waals surface area contributed by atoms with E-state index >= 15 is 0 Å². The molecule has 0 aromatic rings. The normalized spacial score (nSPS) is 17.4. The van der Waals surface area contributed by atoms with Gasteiger partial charge < -0.3 is 5.32 Å². The molecule has 0 aliphatic carbocycles. The molecule has 0 aromatic carbocycles. The lowest BCUT2D eigenvalue weighted by atomic mass is 10.1. The summed E-state index contributed by atoms with van der Waals surface area (Å²) in [6.45, 7) is 6.76. The van der Waals surface area contributed by atoms with Gasteiger partial charge in [-0.3, -0.25) is 4.90 Å². The standard InChI is InChI=1S/C10H18N2/c1-3-5-7-12(6-4-2)10-8-11-9-10/h1,10-11H,4-9H2,2H3. The van der Waals surface area contributed by atoms with Crippen LogP contribution in [0.15, 0.2) is 0 Å². The smallest absolute Gasteiger partial charge is 0.0345 e. The number of hydrogen-bond acceptors (Lipinski definition) is 2. The molecule has 0 bridgehead atoms. The zero-order valence-corrected chi connectivity index (χ0v) is 7.84. The Labute approximate surface area is 75.3 Å². The summed E-state index contributed by atoms with van der Waals surface area (Å²) in [4.78, 5) is 2.50. The fraction of sp³-hybridized carbons (Fsp3) is 0.800. The van der Waals surface area contributed by atoms with E-state index in [4.69, 9.17) is 6.42 Å². The molecular formula is C10H18N2. The molecule has 1 heterocycles. The first-order valence-corrected chi connectivity index (χ1v) is 4.76. The molecule has 0 saturated carbocycles. The summed E-state index contributed by atoms with van der Waals surface area (Å²) < 4.78 is 0. The largest absolute Gasteiger partial charge is 0.314 e. The van der Waals surface area contributed by atoms with Crippen LogP contribution in [0.4, 0.5) is 0 Å². The summed E-state index contributed by atoms with van der Waals surface area (Å²) in [6, 6.07) is 0.748. The average Bonchev–Trinajstić information content (AvgIpc) is 1.97. The van der Waals surface area contributed by atoms with Crippen molar-refractivity contribution in [1.82, 2.24) is 10.2 Å². The maximum absolute atomic E-state index is 5.24. The molecule has 0 atom stereocenters. The van der Waals surface area contributed by atoms with Gasteiger partial charge in [-0.1, -0.05) is 6.92 Å². The zero-order valence-electron chi connectivity index (χ0n) is 7.84. The van der Waals surface area contributed by atoms with E-state index in [1.807, 2.05) is 0 Å². The molecule has 0 amide bonds. The molecular weight excluding hydrogens is 148 g/mol. The van der Waals surface area contributed by atoms with Gasteiger partial charge in [0.2, 0.25) is 0 Å². The van der Waals surface area contributed by atoms with E-state index in [-0.39, 0.29) is 0 Å². The van der Waals surface area contributed by atoms with Gasteiger partial charge in [0, 0.05) is 32.1 Å². The van der Waals surface area contributed by atoms with Crippen LogP contribution in [0.3, 0.4) is 0 Å². The van der Waals surface area contributed by atoms with E-state index in [1.54, 1.807) is 0 Å². The van der Waals surface area contributed by atoms with Crippen LogP contribution < -0.4 is 5.32 Å². The number of rotatable bonds is 5. The fourth-order valence-corrected chi connectivity index (χ4v) is 1.50. The summed E-state index contributed by atoms with van der Waals surface area (Å²) in [5.41, 5.74) is 0. The fourth-order valence-electron chi connectivity index (χ4n) is 1.50. The minimum absolute atomic E-state index is 0.748. The van der Waals surface area contributed by atoms with Crippen LogP contribution in [-0.4, -0.2) is 37.1 Å². The van der Waals surface area contributed by atoms with E-state index in [0.717, 1.165) is 32.1 Å². The second-order valence-electron chi connectivity index (χ2n) is 3.30. The topological polar surface area (TPSA) is 15.3 Å². The SMILES string of the molecule is C#CCCN(CCC)C1CNC1. The van der Waals surface area contributed by atoms with Gasteiger partial charge in [-0.15, -0.1) is 12.3 Å². The molecule has 1 saturated heterocycles. The van der Waals surface area contributed by atoms with Gasteiger partial charge in [0.05, 0.1) is 0 Å². The Hall–Kier alpha value is -0.520. The highest BCUT2D eigenvalue weighted by atomic mass is 15.2. The van der Waals surface area contributed by atoms with Crippen LogP contribution in [-0.2, 0) is 0 Å². The van der Waals surface area contributed by atoms with Crippen molar-refractivity contribution in [2.45, 2.75) is 25.8 Å². The Morgan fingerprint density at radius 1 is 1.50 bits per heavy atom. The molecule has 68 valence electrons. The molecule has 1 rings (SSSR count). The Morgan fingerprint density at radius 2 is 2.25 bits per heavy atom. The first-order chi connectivity index (χ1) is 5.88. The third-order valence-corrected chi connectivity index (χ3v) is 2.33. The van der Waals surface area contributed by atoms with Crippen molar-refractivity contribution < 1.29 is 0 Å². The van der Waals surface area contributed by atoms with Gasteiger partial charge in [0.25, 0.3) is 0 Å². The molecule has 2 heteroatoms. The quantitative estimate of drug-likeness (QED) is 0.605. The van der Waals surface area contributed by atoms with E-state index in [9.17, 15) is 0 Å². The van der Waals surface area contributed by atoms with Gasteiger partial charge in [-0.25, -0.2) is 0 Å². The molecule has 0 radical (unpaired) electrons. The molecule has 0 aromatic heterocycles. The van der Waals surface area contributed by atoms with Crippen molar-refractivity contribution >= 4 is 0 Å². The molecule has 2 nitrogen and oxygen atoms in total. The number of hydrogen-bond donors (Lipinski definition) is 1. The predicted octanol–water partition coefficient (Wildman–Crippen LogP) is 0.694.